The Kier molecular flexibility index (Phi) is 1.91. The van der Waals surface area contributed by atoms with Crippen LogP contribution in [-0.4, -0.2) is 35.4 Å². The van der Waals surface area contributed by atoms with E-state index in [1.54, 1.807) is 0 Å². The standard InChI is InChI=1S/C6H9NO3/c1-2-7-3-5(8)4-10-6(7)9/h2,5,8H,1,3-4H2. The van der Waals surface area contributed by atoms with Crippen molar-refractivity contribution in [1.29, 1.82) is 0 Å². The molecule has 0 aromatic rings. The summed E-state index contributed by atoms with van der Waals surface area (Å²) in [5, 5.41) is 8.96. The Morgan fingerprint density at radius 1 is 1.90 bits per heavy atom. The Labute approximate surface area is 58.7 Å². The lowest BCUT2D eigenvalue weighted by atomic mass is 10.3. The summed E-state index contributed by atoms with van der Waals surface area (Å²) in [7, 11) is 0. The molecule has 4 nitrogen and oxygen atoms in total. The topological polar surface area (TPSA) is 49.8 Å². The first-order chi connectivity index (χ1) is 4.74. The van der Waals surface area contributed by atoms with Gasteiger partial charge in [-0.1, -0.05) is 6.58 Å². The van der Waals surface area contributed by atoms with Gasteiger partial charge in [-0.3, -0.25) is 4.90 Å². The maximum atomic E-state index is 10.7. The van der Waals surface area contributed by atoms with Gasteiger partial charge in [-0.25, -0.2) is 4.79 Å². The first-order valence-electron chi connectivity index (χ1n) is 2.98. The second-order valence-electron chi connectivity index (χ2n) is 2.07. The molecule has 10 heavy (non-hydrogen) atoms. The maximum absolute atomic E-state index is 10.7. The van der Waals surface area contributed by atoms with Crippen molar-refractivity contribution in [1.82, 2.24) is 4.90 Å². The minimum Gasteiger partial charge on any atom is -0.446 e. The summed E-state index contributed by atoms with van der Waals surface area (Å²) >= 11 is 0. The van der Waals surface area contributed by atoms with Gasteiger partial charge in [-0.05, 0) is 0 Å². The van der Waals surface area contributed by atoms with Gasteiger partial charge in [0.1, 0.15) is 12.7 Å². The molecular formula is C6H9NO3. The Balaban J connectivity index is 2.53. The highest BCUT2D eigenvalue weighted by Crippen LogP contribution is 2.04. The minimum absolute atomic E-state index is 0.0865. The van der Waals surface area contributed by atoms with E-state index in [-0.39, 0.29) is 13.2 Å². The Morgan fingerprint density at radius 2 is 2.60 bits per heavy atom. The third-order valence-corrected chi connectivity index (χ3v) is 1.26. The lowest BCUT2D eigenvalue weighted by Crippen LogP contribution is -2.42. The van der Waals surface area contributed by atoms with E-state index in [0.717, 1.165) is 0 Å². The van der Waals surface area contributed by atoms with Crippen LogP contribution in [0.2, 0.25) is 0 Å². The number of aliphatic hydroxyl groups excluding tert-OH is 1. The zero-order valence-electron chi connectivity index (χ0n) is 5.49. The molecule has 0 bridgehead atoms. The number of carbonyl (C=O) groups excluding carboxylic acids is 1. The molecule has 1 N–H and O–H groups in total. The molecule has 56 valence electrons. The SMILES string of the molecule is C=CN1CC(O)COC1=O. The molecule has 1 heterocycles. The lowest BCUT2D eigenvalue weighted by Gasteiger charge is -2.26. The number of hydrogen-bond donors (Lipinski definition) is 1. The Bertz CT molecular complexity index is 157. The summed E-state index contributed by atoms with van der Waals surface area (Å²) < 4.78 is 4.56. The van der Waals surface area contributed by atoms with Crippen molar-refractivity contribution in [3.8, 4) is 0 Å². The molecule has 0 aromatic carbocycles. The predicted octanol–water partition coefficient (Wildman–Crippen LogP) is -0.0570. The van der Waals surface area contributed by atoms with Crippen LogP contribution in [0.5, 0.6) is 0 Å². The third-order valence-electron chi connectivity index (χ3n) is 1.26. The van der Waals surface area contributed by atoms with Crippen molar-refractivity contribution in [2.75, 3.05) is 13.2 Å². The first-order valence-corrected chi connectivity index (χ1v) is 2.98. The van der Waals surface area contributed by atoms with Gasteiger partial charge in [0.25, 0.3) is 0 Å². The van der Waals surface area contributed by atoms with Crippen molar-refractivity contribution >= 4 is 6.09 Å². The average Bonchev–Trinajstić information content (AvgIpc) is 1.94. The summed E-state index contributed by atoms with van der Waals surface area (Å²) in [4.78, 5) is 11.9. The molecule has 1 rings (SSSR count). The van der Waals surface area contributed by atoms with Crippen molar-refractivity contribution in [3.63, 3.8) is 0 Å². The zero-order valence-corrected chi connectivity index (χ0v) is 5.49. The molecule has 4 heteroatoms. The number of aliphatic hydroxyl groups is 1. The molecule has 0 aliphatic carbocycles. The van der Waals surface area contributed by atoms with Crippen LogP contribution in [0.4, 0.5) is 4.79 Å². The molecule has 0 saturated carbocycles. The first kappa shape index (κ1) is 7.08. The summed E-state index contributed by atoms with van der Waals surface area (Å²) in [6.45, 7) is 3.75. The summed E-state index contributed by atoms with van der Waals surface area (Å²) in [6, 6.07) is 0. The number of rotatable bonds is 1. The van der Waals surface area contributed by atoms with Crippen LogP contribution in [0.3, 0.4) is 0 Å². The fourth-order valence-corrected chi connectivity index (χ4v) is 0.754. The molecule has 1 aliphatic rings. The highest BCUT2D eigenvalue weighted by molar-refractivity contribution is 5.69. The second kappa shape index (κ2) is 2.70. The van der Waals surface area contributed by atoms with Gasteiger partial charge in [0, 0.05) is 6.20 Å². The minimum atomic E-state index is -0.587. The fourth-order valence-electron chi connectivity index (χ4n) is 0.754. The fraction of sp³-hybridized carbons (Fsp3) is 0.500. The Morgan fingerprint density at radius 3 is 3.10 bits per heavy atom. The third kappa shape index (κ3) is 1.27. The van der Waals surface area contributed by atoms with Crippen LogP contribution in [-0.2, 0) is 4.74 Å². The molecule has 1 fully saturated rings. The number of ether oxygens (including phenoxy) is 1. The smallest absolute Gasteiger partial charge is 0.413 e. The van der Waals surface area contributed by atoms with Crippen LogP contribution in [0, 0.1) is 0 Å². The molecule has 1 saturated heterocycles. The van der Waals surface area contributed by atoms with Gasteiger partial charge in [-0.2, -0.15) is 0 Å². The van der Waals surface area contributed by atoms with E-state index in [1.807, 2.05) is 0 Å². The van der Waals surface area contributed by atoms with Gasteiger partial charge in [0.2, 0.25) is 0 Å². The largest absolute Gasteiger partial charge is 0.446 e. The number of hydrogen-bond acceptors (Lipinski definition) is 3. The number of cyclic esters (lactones) is 1. The number of amides is 1. The molecule has 1 atom stereocenters. The van der Waals surface area contributed by atoms with Crippen LogP contribution in [0.25, 0.3) is 0 Å². The van der Waals surface area contributed by atoms with Gasteiger partial charge < -0.3 is 9.84 Å². The van der Waals surface area contributed by atoms with Gasteiger partial charge >= 0.3 is 6.09 Å². The number of carbonyl (C=O) groups is 1. The van der Waals surface area contributed by atoms with E-state index in [9.17, 15) is 4.79 Å². The highest BCUT2D eigenvalue weighted by Gasteiger charge is 2.22. The van der Waals surface area contributed by atoms with Gasteiger partial charge in [0.05, 0.1) is 6.54 Å². The van der Waals surface area contributed by atoms with Crippen molar-refractivity contribution in [2.45, 2.75) is 6.10 Å². The van der Waals surface area contributed by atoms with Crippen LogP contribution < -0.4 is 0 Å². The predicted molar refractivity (Wildman–Crippen MR) is 34.3 cm³/mol. The van der Waals surface area contributed by atoms with E-state index in [2.05, 4.69) is 11.3 Å². The normalized spacial score (nSPS) is 25.9. The number of nitrogens with zero attached hydrogens (tertiary/aromatic N) is 1. The van der Waals surface area contributed by atoms with E-state index >= 15 is 0 Å². The lowest BCUT2D eigenvalue weighted by molar-refractivity contribution is 0.00810. The zero-order chi connectivity index (χ0) is 7.56. The number of β-amino-alcohol motifs (C(OH)–C–C–N with tert-alkyl or cyclic N) is 1. The van der Waals surface area contributed by atoms with Crippen molar-refractivity contribution < 1.29 is 14.6 Å². The summed E-state index contributed by atoms with van der Waals surface area (Å²) in [5.41, 5.74) is 0. The average molecular weight is 143 g/mol. The van der Waals surface area contributed by atoms with Crippen LogP contribution in [0.1, 0.15) is 0 Å². The molecule has 0 radical (unpaired) electrons. The van der Waals surface area contributed by atoms with Crippen molar-refractivity contribution in [3.05, 3.63) is 12.8 Å². The Hall–Kier alpha value is -1.03. The maximum Gasteiger partial charge on any atom is 0.413 e. The quantitative estimate of drug-likeness (QED) is 0.559. The van der Waals surface area contributed by atoms with E-state index in [0.29, 0.717) is 0 Å². The molecule has 1 amide bonds. The molecule has 0 spiro atoms. The van der Waals surface area contributed by atoms with Crippen LogP contribution in [0.15, 0.2) is 12.8 Å². The highest BCUT2D eigenvalue weighted by atomic mass is 16.6. The van der Waals surface area contributed by atoms with E-state index in [4.69, 9.17) is 5.11 Å². The molecule has 1 aliphatic heterocycles. The van der Waals surface area contributed by atoms with Crippen molar-refractivity contribution in [2.24, 2.45) is 0 Å². The van der Waals surface area contributed by atoms with Crippen LogP contribution >= 0.6 is 0 Å². The molecule has 1 unspecified atom stereocenters. The van der Waals surface area contributed by atoms with Gasteiger partial charge in [-0.15, -0.1) is 0 Å². The summed E-state index contributed by atoms with van der Waals surface area (Å²) in [6.07, 6.45) is 0.307. The van der Waals surface area contributed by atoms with Gasteiger partial charge in [0.15, 0.2) is 0 Å². The second-order valence-corrected chi connectivity index (χ2v) is 2.07. The summed E-state index contributed by atoms with van der Waals surface area (Å²) in [5.74, 6) is 0. The van der Waals surface area contributed by atoms with E-state index < -0.39 is 12.2 Å². The monoisotopic (exact) mass is 143 g/mol. The van der Waals surface area contributed by atoms with E-state index in [1.165, 1.54) is 11.1 Å². The molecule has 0 aromatic heterocycles. The molecular weight excluding hydrogens is 134 g/mol.